The number of aromatic amines is 1. The monoisotopic (exact) mass is 558 g/mol. The molecule has 0 saturated heterocycles. The molecule has 0 radical (unpaired) electrons. The van der Waals surface area contributed by atoms with E-state index >= 15 is 0 Å². The molecule has 1 N–H and O–H groups in total. The highest BCUT2D eigenvalue weighted by molar-refractivity contribution is 5.83. The van der Waals surface area contributed by atoms with Gasteiger partial charge in [-0.3, -0.25) is 9.69 Å². The molecule has 0 fully saturated rings. The van der Waals surface area contributed by atoms with E-state index in [0.29, 0.717) is 66.1 Å². The van der Waals surface area contributed by atoms with Gasteiger partial charge in [0.05, 0.1) is 32.8 Å². The van der Waals surface area contributed by atoms with Crippen LogP contribution >= 0.6 is 0 Å². The molecule has 2 aromatic heterocycles. The Kier molecular flexibility index (Phi) is 7.21. The minimum atomic E-state index is -0.308. The topological polar surface area (TPSA) is 117 Å². The van der Waals surface area contributed by atoms with Gasteiger partial charge in [0.2, 0.25) is 6.79 Å². The molecule has 41 heavy (non-hydrogen) atoms. The third kappa shape index (κ3) is 5.68. The highest BCUT2D eigenvalue weighted by Gasteiger charge is 2.19. The molecule has 0 bridgehead atoms. The number of pyridine rings is 1. The number of ether oxygens (including phenoxy) is 4. The fourth-order valence-corrected chi connectivity index (χ4v) is 4.82. The summed E-state index contributed by atoms with van der Waals surface area (Å²) in [6.45, 7) is 1.67. The molecule has 6 rings (SSSR count). The molecule has 210 valence electrons. The van der Waals surface area contributed by atoms with Gasteiger partial charge in [-0.2, -0.15) is 0 Å². The predicted molar refractivity (Wildman–Crippen MR) is 147 cm³/mol. The van der Waals surface area contributed by atoms with E-state index in [1.807, 2.05) is 30.3 Å². The van der Waals surface area contributed by atoms with Crippen LogP contribution in [0.4, 0.5) is 4.39 Å². The van der Waals surface area contributed by atoms with Gasteiger partial charge in [-0.05, 0) is 58.0 Å². The van der Waals surface area contributed by atoms with Gasteiger partial charge in [0.25, 0.3) is 5.56 Å². The van der Waals surface area contributed by atoms with Gasteiger partial charge in [0, 0.05) is 30.1 Å². The van der Waals surface area contributed by atoms with Crippen molar-refractivity contribution in [2.75, 3.05) is 21.0 Å². The number of hydrogen-bond acceptors (Lipinski definition) is 9. The van der Waals surface area contributed by atoms with E-state index in [9.17, 15) is 9.18 Å². The second kappa shape index (κ2) is 11.3. The molecular weight excluding hydrogens is 531 g/mol. The molecule has 1 aliphatic heterocycles. The first kappa shape index (κ1) is 26.3. The highest BCUT2D eigenvalue weighted by Crippen LogP contribution is 2.33. The van der Waals surface area contributed by atoms with E-state index in [2.05, 4.69) is 25.4 Å². The second-order valence-corrected chi connectivity index (χ2v) is 9.63. The number of H-pyrrole nitrogens is 1. The number of nitrogens with one attached hydrogen (secondary N) is 1. The van der Waals surface area contributed by atoms with E-state index in [-0.39, 0.29) is 18.2 Å². The zero-order chi connectivity index (χ0) is 28.3. The number of aromatic nitrogens is 5. The summed E-state index contributed by atoms with van der Waals surface area (Å²) in [5.74, 6) is 2.75. The fourth-order valence-electron chi connectivity index (χ4n) is 4.82. The van der Waals surface area contributed by atoms with Gasteiger partial charge in [-0.1, -0.05) is 18.2 Å². The van der Waals surface area contributed by atoms with Crippen LogP contribution in [0, 0.1) is 5.82 Å². The number of tetrazole rings is 1. The fraction of sp³-hybridized carbons (Fsp3) is 0.241. The van der Waals surface area contributed by atoms with E-state index < -0.39 is 0 Å². The van der Waals surface area contributed by atoms with Gasteiger partial charge in [-0.15, -0.1) is 5.10 Å². The first-order chi connectivity index (χ1) is 20.0. The molecular formula is C29H27FN6O5. The van der Waals surface area contributed by atoms with Crippen LogP contribution in [-0.2, 0) is 26.2 Å². The molecule has 5 aromatic rings. The minimum absolute atomic E-state index is 0.182. The van der Waals surface area contributed by atoms with Crippen molar-refractivity contribution in [2.45, 2.75) is 26.2 Å². The second-order valence-electron chi connectivity index (χ2n) is 9.63. The van der Waals surface area contributed by atoms with Crippen LogP contribution in [0.1, 0.15) is 22.5 Å². The third-order valence-electron chi connectivity index (χ3n) is 6.88. The number of hydrogen-bond donors (Lipinski definition) is 1. The maximum atomic E-state index is 13.4. The Labute approximate surface area is 234 Å². The predicted octanol–water partition coefficient (Wildman–Crippen LogP) is 3.65. The SMILES string of the molecule is COc1cc2cc(CN(Cc3ccc4c(c3)OCO4)Cc3nnnn3Cc3ccc(F)cc3)c(=O)[nH]c2cc1OC. The van der Waals surface area contributed by atoms with Gasteiger partial charge >= 0.3 is 0 Å². The lowest BCUT2D eigenvalue weighted by Gasteiger charge is -2.22. The van der Waals surface area contributed by atoms with Crippen molar-refractivity contribution in [2.24, 2.45) is 0 Å². The van der Waals surface area contributed by atoms with E-state index in [0.717, 1.165) is 16.5 Å². The van der Waals surface area contributed by atoms with Crippen molar-refractivity contribution in [3.05, 3.63) is 99.3 Å². The summed E-state index contributed by atoms with van der Waals surface area (Å²) in [6.07, 6.45) is 0. The molecule has 3 heterocycles. The van der Waals surface area contributed by atoms with Crippen LogP contribution in [0.2, 0.25) is 0 Å². The Bertz CT molecular complexity index is 1750. The van der Waals surface area contributed by atoms with Gasteiger partial charge in [0.1, 0.15) is 5.82 Å². The Morgan fingerprint density at radius 1 is 0.927 bits per heavy atom. The number of rotatable bonds is 10. The molecule has 11 nitrogen and oxygen atoms in total. The summed E-state index contributed by atoms with van der Waals surface area (Å²) < 4.78 is 36.9. The number of benzene rings is 3. The Morgan fingerprint density at radius 2 is 1.68 bits per heavy atom. The van der Waals surface area contributed by atoms with Crippen molar-refractivity contribution in [3.63, 3.8) is 0 Å². The molecule has 0 atom stereocenters. The zero-order valence-corrected chi connectivity index (χ0v) is 22.5. The minimum Gasteiger partial charge on any atom is -0.493 e. The first-order valence-electron chi connectivity index (χ1n) is 12.9. The van der Waals surface area contributed by atoms with Crippen molar-refractivity contribution in [1.29, 1.82) is 0 Å². The average molecular weight is 559 g/mol. The van der Waals surface area contributed by atoms with Gasteiger partial charge in [0.15, 0.2) is 28.8 Å². The number of fused-ring (bicyclic) bond motifs is 2. The molecule has 0 unspecified atom stereocenters. The maximum Gasteiger partial charge on any atom is 0.252 e. The quantitative estimate of drug-likeness (QED) is 0.274. The van der Waals surface area contributed by atoms with Crippen molar-refractivity contribution in [1.82, 2.24) is 30.1 Å². The first-order valence-corrected chi connectivity index (χ1v) is 12.9. The summed E-state index contributed by atoms with van der Waals surface area (Å²) in [5.41, 5.74) is 2.81. The molecule has 12 heteroatoms. The lowest BCUT2D eigenvalue weighted by molar-refractivity contribution is 0.174. The molecule has 0 spiro atoms. The van der Waals surface area contributed by atoms with Crippen LogP contribution in [0.15, 0.2) is 65.5 Å². The molecule has 3 aromatic carbocycles. The molecule has 0 amide bonds. The summed E-state index contributed by atoms with van der Waals surface area (Å²) in [5, 5.41) is 13.1. The lowest BCUT2D eigenvalue weighted by atomic mass is 10.1. The van der Waals surface area contributed by atoms with Crippen LogP contribution in [0.3, 0.4) is 0 Å². The van der Waals surface area contributed by atoms with Gasteiger partial charge < -0.3 is 23.9 Å². The normalized spacial score (nSPS) is 12.3. The highest BCUT2D eigenvalue weighted by atomic mass is 19.1. The van der Waals surface area contributed by atoms with E-state index in [1.54, 1.807) is 37.1 Å². The third-order valence-corrected chi connectivity index (χ3v) is 6.88. The number of halogens is 1. The van der Waals surface area contributed by atoms with Crippen LogP contribution in [0.25, 0.3) is 10.9 Å². The van der Waals surface area contributed by atoms with Crippen molar-refractivity contribution in [3.8, 4) is 23.0 Å². The standard InChI is InChI=1S/C29H27FN6O5/c1-38-25-11-20-10-21(29(37)31-23(20)12-26(25)39-2)15-35(13-19-5-8-24-27(9-19)41-17-40-24)16-28-32-33-34-36(28)14-18-3-6-22(30)7-4-18/h3-12H,13-17H2,1-2H3,(H,31,37). The zero-order valence-electron chi connectivity index (χ0n) is 22.5. The molecule has 0 saturated carbocycles. The van der Waals surface area contributed by atoms with Crippen molar-refractivity contribution < 1.29 is 23.3 Å². The molecule has 1 aliphatic rings. The average Bonchev–Trinajstić information content (AvgIpc) is 3.63. The summed E-state index contributed by atoms with van der Waals surface area (Å²) in [4.78, 5) is 18.2. The van der Waals surface area contributed by atoms with Crippen LogP contribution in [-0.4, -0.2) is 51.1 Å². The summed E-state index contributed by atoms with van der Waals surface area (Å²) >= 11 is 0. The Balaban J connectivity index is 1.32. The Morgan fingerprint density at radius 3 is 2.49 bits per heavy atom. The van der Waals surface area contributed by atoms with Crippen LogP contribution in [0.5, 0.6) is 23.0 Å². The number of nitrogens with zero attached hydrogens (tertiary/aromatic N) is 5. The lowest BCUT2D eigenvalue weighted by Crippen LogP contribution is -2.28. The summed E-state index contributed by atoms with van der Waals surface area (Å²) in [7, 11) is 3.12. The largest absolute Gasteiger partial charge is 0.493 e. The van der Waals surface area contributed by atoms with Crippen molar-refractivity contribution >= 4 is 10.9 Å². The van der Waals surface area contributed by atoms with E-state index in [1.165, 1.54) is 12.1 Å². The Hall–Kier alpha value is -4.97. The molecule has 0 aliphatic carbocycles. The smallest absolute Gasteiger partial charge is 0.252 e. The van der Waals surface area contributed by atoms with Gasteiger partial charge in [-0.25, -0.2) is 9.07 Å². The van der Waals surface area contributed by atoms with E-state index in [4.69, 9.17) is 18.9 Å². The number of methoxy groups -OCH3 is 2. The summed E-state index contributed by atoms with van der Waals surface area (Å²) in [6, 6.07) is 17.4. The van der Waals surface area contributed by atoms with Crippen LogP contribution < -0.4 is 24.5 Å². The maximum absolute atomic E-state index is 13.4.